The van der Waals surface area contributed by atoms with Crippen molar-refractivity contribution in [3.63, 3.8) is 0 Å². The van der Waals surface area contributed by atoms with E-state index in [9.17, 15) is 0 Å². The number of aliphatic imine (C=N–C) groups is 2. The van der Waals surface area contributed by atoms with Gasteiger partial charge in [0, 0.05) is 32.8 Å². The van der Waals surface area contributed by atoms with Crippen LogP contribution in [0.4, 0.5) is 0 Å². The van der Waals surface area contributed by atoms with Crippen molar-refractivity contribution in [1.29, 1.82) is 0 Å². The number of aromatic nitrogens is 2. The molecule has 5 nitrogen and oxygen atoms in total. The third kappa shape index (κ3) is 5.24. The summed E-state index contributed by atoms with van der Waals surface area (Å²) in [5, 5.41) is 8.37. The molecule has 2 aromatic heterocycles. The number of hydrogen-bond donors (Lipinski definition) is 1. The second kappa shape index (κ2) is 13.1. The first-order chi connectivity index (χ1) is 27.8. The zero-order chi connectivity index (χ0) is 37.0. The van der Waals surface area contributed by atoms with E-state index in [1.807, 2.05) is 12.1 Å². The predicted octanol–water partition coefficient (Wildman–Crippen LogP) is 12.2. The van der Waals surface area contributed by atoms with Gasteiger partial charge in [-0.25, -0.2) is 4.99 Å². The Morgan fingerprint density at radius 1 is 0.393 bits per heavy atom. The highest BCUT2D eigenvalue weighted by Crippen LogP contribution is 2.41. The summed E-state index contributed by atoms with van der Waals surface area (Å²) in [6, 6.07) is 70.9. The Hall–Kier alpha value is -7.50. The molecule has 0 saturated carbocycles. The van der Waals surface area contributed by atoms with Crippen molar-refractivity contribution < 1.29 is 0 Å². The van der Waals surface area contributed by atoms with E-state index in [0.29, 0.717) is 5.96 Å². The second-order valence-corrected chi connectivity index (χ2v) is 14.3. The molecule has 0 saturated heterocycles. The maximum Gasteiger partial charge on any atom is 0.234 e. The van der Waals surface area contributed by atoms with Crippen molar-refractivity contribution in [2.75, 3.05) is 0 Å². The van der Waals surface area contributed by atoms with Gasteiger partial charge in [0.2, 0.25) is 5.96 Å². The number of para-hydroxylation sites is 2. The van der Waals surface area contributed by atoms with Gasteiger partial charge in [-0.05, 0) is 52.1 Å². The number of amidine groups is 1. The minimum Gasteiger partial charge on any atom is -0.344 e. The fourth-order valence-corrected chi connectivity index (χ4v) is 8.37. The van der Waals surface area contributed by atoms with Gasteiger partial charge in [0.25, 0.3) is 0 Å². The van der Waals surface area contributed by atoms with Crippen LogP contribution in [0.25, 0.3) is 71.6 Å². The van der Waals surface area contributed by atoms with E-state index in [4.69, 9.17) is 9.98 Å². The summed E-state index contributed by atoms with van der Waals surface area (Å²) in [7, 11) is 0. The van der Waals surface area contributed by atoms with Gasteiger partial charge in [0.15, 0.2) is 0 Å². The first-order valence-corrected chi connectivity index (χ1v) is 19.0. The van der Waals surface area contributed by atoms with Gasteiger partial charge in [-0.1, -0.05) is 176 Å². The van der Waals surface area contributed by atoms with Crippen molar-refractivity contribution >= 4 is 55.4 Å². The van der Waals surface area contributed by atoms with Crippen LogP contribution in [0.5, 0.6) is 0 Å². The van der Waals surface area contributed by atoms with Crippen molar-refractivity contribution in [1.82, 2.24) is 14.5 Å². The highest BCUT2D eigenvalue weighted by molar-refractivity contribution is 6.26. The Balaban J connectivity index is 1.19. The van der Waals surface area contributed by atoms with Crippen LogP contribution in [0, 0.1) is 0 Å². The molecular weight excluding hydrogens is 683 g/mol. The number of rotatable bonds is 5. The summed E-state index contributed by atoms with van der Waals surface area (Å²) in [6.07, 6.45) is -0.351. The van der Waals surface area contributed by atoms with E-state index in [0.717, 1.165) is 61.1 Å². The van der Waals surface area contributed by atoms with Crippen LogP contribution in [0.1, 0.15) is 17.3 Å². The van der Waals surface area contributed by atoms with Crippen LogP contribution < -0.4 is 5.32 Å². The molecule has 1 aliphatic rings. The SMILES string of the molecule is c1ccc(-c2ccc(C3=NC(n4c5ccccc5c5ccc6c7ccccc7n(-c7cccc(-c8ccccc8)c7)c6c54)=NC(c4ccccc4)N3)cc2)cc1. The Morgan fingerprint density at radius 2 is 0.893 bits per heavy atom. The summed E-state index contributed by atoms with van der Waals surface area (Å²) < 4.78 is 4.72. The Labute approximate surface area is 324 Å². The number of fused-ring (bicyclic) bond motifs is 7. The highest BCUT2D eigenvalue weighted by Gasteiger charge is 2.26. The molecule has 0 amide bonds. The summed E-state index contributed by atoms with van der Waals surface area (Å²) in [4.78, 5) is 10.8. The van der Waals surface area contributed by atoms with Crippen LogP contribution in [-0.2, 0) is 0 Å². The molecule has 1 unspecified atom stereocenters. The number of nitrogens with zero attached hydrogens (tertiary/aromatic N) is 4. The second-order valence-electron chi connectivity index (χ2n) is 14.3. The molecule has 1 N–H and O–H groups in total. The maximum absolute atomic E-state index is 5.42. The molecule has 5 heteroatoms. The van der Waals surface area contributed by atoms with Crippen molar-refractivity contribution in [3.8, 4) is 27.9 Å². The third-order valence-corrected chi connectivity index (χ3v) is 11.0. The fraction of sp³-hybridized carbons (Fsp3) is 0.0196. The molecule has 0 spiro atoms. The van der Waals surface area contributed by atoms with Crippen LogP contribution in [0.15, 0.2) is 210 Å². The molecule has 3 heterocycles. The molecule has 264 valence electrons. The average molecular weight is 718 g/mol. The van der Waals surface area contributed by atoms with Gasteiger partial charge in [-0.2, -0.15) is 4.99 Å². The molecule has 1 aliphatic heterocycles. The summed E-state index contributed by atoms with van der Waals surface area (Å²) >= 11 is 0. The van der Waals surface area contributed by atoms with Crippen LogP contribution in [0.3, 0.4) is 0 Å². The number of nitrogens with one attached hydrogen (secondary N) is 1. The largest absolute Gasteiger partial charge is 0.344 e. The molecule has 11 rings (SSSR count). The molecule has 56 heavy (non-hydrogen) atoms. The Bertz CT molecular complexity index is 3140. The molecule has 0 fully saturated rings. The quantitative estimate of drug-likeness (QED) is 0.189. The number of benzene rings is 8. The molecule has 1 atom stereocenters. The van der Waals surface area contributed by atoms with E-state index < -0.39 is 0 Å². The molecule has 0 aliphatic carbocycles. The van der Waals surface area contributed by atoms with Crippen LogP contribution in [-0.4, -0.2) is 20.9 Å². The maximum atomic E-state index is 5.42. The Kier molecular flexibility index (Phi) is 7.49. The topological polar surface area (TPSA) is 46.6 Å². The zero-order valence-electron chi connectivity index (χ0n) is 30.4. The van der Waals surface area contributed by atoms with Crippen LogP contribution in [0.2, 0.25) is 0 Å². The van der Waals surface area contributed by atoms with Gasteiger partial charge >= 0.3 is 0 Å². The van der Waals surface area contributed by atoms with Crippen molar-refractivity contribution in [2.45, 2.75) is 6.17 Å². The lowest BCUT2D eigenvalue weighted by Crippen LogP contribution is -2.35. The van der Waals surface area contributed by atoms with Gasteiger partial charge in [0.1, 0.15) is 12.0 Å². The first-order valence-electron chi connectivity index (χ1n) is 19.0. The molecular formula is C51H35N5. The summed E-state index contributed by atoms with van der Waals surface area (Å²) in [6.45, 7) is 0. The van der Waals surface area contributed by atoms with Gasteiger partial charge in [-0.3, -0.25) is 4.57 Å². The van der Waals surface area contributed by atoms with E-state index in [1.165, 1.54) is 27.5 Å². The standard InChI is InChI=1S/C51H35N5/c1-4-15-34(16-5-1)36-27-29-38(30-28-36)50-52-49(37-19-8-3-9-20-37)53-51(54-50)56-46-26-13-11-24-42(46)44-32-31-43-41-23-10-12-25-45(41)55(47(43)48(44)56)40-22-14-21-39(33-40)35-17-6-2-7-18-35/h1-33,49H,(H,52,53,54). The lowest BCUT2D eigenvalue weighted by molar-refractivity contribution is 0.668. The fourth-order valence-electron chi connectivity index (χ4n) is 8.37. The van der Waals surface area contributed by atoms with Gasteiger partial charge in [0.05, 0.1) is 22.1 Å². The zero-order valence-corrected chi connectivity index (χ0v) is 30.4. The smallest absolute Gasteiger partial charge is 0.234 e. The highest BCUT2D eigenvalue weighted by atomic mass is 15.3. The normalized spacial score (nSPS) is 14.2. The van der Waals surface area contributed by atoms with E-state index in [2.05, 4.69) is 203 Å². The first kappa shape index (κ1) is 32.0. The van der Waals surface area contributed by atoms with E-state index in [1.54, 1.807) is 0 Å². The monoisotopic (exact) mass is 717 g/mol. The third-order valence-electron chi connectivity index (χ3n) is 11.0. The Morgan fingerprint density at radius 3 is 1.55 bits per heavy atom. The van der Waals surface area contributed by atoms with E-state index in [-0.39, 0.29) is 6.17 Å². The van der Waals surface area contributed by atoms with Crippen LogP contribution >= 0.6 is 0 Å². The average Bonchev–Trinajstić information content (AvgIpc) is 3.80. The lowest BCUT2D eigenvalue weighted by atomic mass is 10.0. The minimum absolute atomic E-state index is 0.351. The molecule has 10 aromatic rings. The number of hydrogen-bond acceptors (Lipinski definition) is 3. The molecule has 0 radical (unpaired) electrons. The van der Waals surface area contributed by atoms with Crippen molar-refractivity contribution in [2.24, 2.45) is 9.98 Å². The van der Waals surface area contributed by atoms with E-state index >= 15 is 0 Å². The van der Waals surface area contributed by atoms with Gasteiger partial charge < -0.3 is 9.88 Å². The lowest BCUT2D eigenvalue weighted by Gasteiger charge is -2.24. The summed E-state index contributed by atoms with van der Waals surface area (Å²) in [5.74, 6) is 1.41. The summed E-state index contributed by atoms with van der Waals surface area (Å²) in [5.41, 5.74) is 12.2. The molecule has 8 aromatic carbocycles. The molecule has 0 bridgehead atoms. The van der Waals surface area contributed by atoms with Crippen molar-refractivity contribution in [3.05, 3.63) is 211 Å². The van der Waals surface area contributed by atoms with Gasteiger partial charge in [-0.15, -0.1) is 0 Å². The minimum atomic E-state index is -0.351. The predicted molar refractivity (Wildman–Crippen MR) is 233 cm³/mol.